The van der Waals surface area contributed by atoms with Crippen LogP contribution in [0, 0.1) is 0 Å². The van der Waals surface area contributed by atoms with E-state index in [1.54, 1.807) is 24.3 Å². The predicted octanol–water partition coefficient (Wildman–Crippen LogP) is 6.60. The van der Waals surface area contributed by atoms with Gasteiger partial charge in [0.25, 0.3) is 0 Å². The number of benzene rings is 3. The molecule has 1 aromatic heterocycles. The van der Waals surface area contributed by atoms with E-state index in [1.165, 1.54) is 11.8 Å². The Balaban J connectivity index is 1.68. The first-order chi connectivity index (χ1) is 14.0. The summed E-state index contributed by atoms with van der Waals surface area (Å²) < 4.78 is 0. The Morgan fingerprint density at radius 2 is 1.86 bits per heavy atom. The van der Waals surface area contributed by atoms with Crippen LogP contribution in [0.2, 0.25) is 10.0 Å². The second-order valence-corrected chi connectivity index (χ2v) is 8.03. The molecule has 0 radical (unpaired) electrons. The molecule has 3 N–H and O–H groups in total. The molecular weight excluding hydrogens is 429 g/mol. The Hall–Kier alpha value is -2.67. The number of halogens is 2. The van der Waals surface area contributed by atoms with E-state index in [0.29, 0.717) is 43.4 Å². The van der Waals surface area contributed by atoms with Gasteiger partial charge in [-0.2, -0.15) is 0 Å². The van der Waals surface area contributed by atoms with Gasteiger partial charge in [-0.05, 0) is 29.8 Å². The third kappa shape index (κ3) is 4.19. The summed E-state index contributed by atoms with van der Waals surface area (Å²) in [5.41, 5.74) is 2.87. The van der Waals surface area contributed by atoms with Gasteiger partial charge in [-0.1, -0.05) is 59.6 Å². The zero-order chi connectivity index (χ0) is 20.4. The number of nitrogens with one attached hydrogen (secondary N) is 2. The van der Waals surface area contributed by atoms with Crippen LogP contribution in [0.15, 0.2) is 65.6 Å². The van der Waals surface area contributed by atoms with Gasteiger partial charge in [0.05, 0.1) is 21.2 Å². The number of aromatic amines is 1. The highest BCUT2D eigenvalue weighted by molar-refractivity contribution is 7.98. The smallest absolute Gasteiger partial charge is 0.339 e. The van der Waals surface area contributed by atoms with E-state index in [4.69, 9.17) is 23.2 Å². The van der Waals surface area contributed by atoms with Crippen LogP contribution in [-0.2, 0) is 5.75 Å². The van der Waals surface area contributed by atoms with Gasteiger partial charge < -0.3 is 15.4 Å². The fraction of sp³-hybridized carbons (Fsp3) is 0.0476. The van der Waals surface area contributed by atoms with E-state index >= 15 is 0 Å². The molecule has 0 saturated heterocycles. The van der Waals surface area contributed by atoms with Crippen molar-refractivity contribution in [2.75, 3.05) is 5.32 Å². The summed E-state index contributed by atoms with van der Waals surface area (Å²) in [6.45, 7) is 0. The van der Waals surface area contributed by atoms with Gasteiger partial charge in [0.1, 0.15) is 11.1 Å². The number of thioether (sulfide) groups is 1. The van der Waals surface area contributed by atoms with E-state index in [-0.39, 0.29) is 5.56 Å². The number of imidazole rings is 1. The van der Waals surface area contributed by atoms with Crippen LogP contribution < -0.4 is 5.32 Å². The molecule has 0 aliphatic rings. The first kappa shape index (κ1) is 19.6. The lowest BCUT2D eigenvalue weighted by Crippen LogP contribution is -2.01. The molecule has 1 heterocycles. The molecule has 0 aliphatic heterocycles. The van der Waals surface area contributed by atoms with E-state index in [9.17, 15) is 9.90 Å². The van der Waals surface area contributed by atoms with Crippen molar-refractivity contribution in [2.24, 2.45) is 0 Å². The summed E-state index contributed by atoms with van der Waals surface area (Å²) in [5.74, 6) is 0.0298. The Kier molecular flexibility index (Phi) is 5.67. The van der Waals surface area contributed by atoms with Crippen molar-refractivity contribution in [3.05, 3.63) is 81.8 Å². The van der Waals surface area contributed by atoms with Crippen LogP contribution >= 0.6 is 35.0 Å². The van der Waals surface area contributed by atoms with Gasteiger partial charge in [0.2, 0.25) is 5.95 Å². The summed E-state index contributed by atoms with van der Waals surface area (Å²) in [4.78, 5) is 20.2. The lowest BCUT2D eigenvalue weighted by atomic mass is 10.2. The number of aromatic carboxylic acids is 1. The van der Waals surface area contributed by atoms with Crippen molar-refractivity contribution < 1.29 is 9.90 Å². The summed E-state index contributed by atoms with van der Waals surface area (Å²) in [6.07, 6.45) is 0. The van der Waals surface area contributed by atoms with E-state index in [2.05, 4.69) is 15.3 Å². The maximum atomic E-state index is 12.0. The number of anilines is 2. The fourth-order valence-corrected chi connectivity index (χ4v) is 4.26. The second kappa shape index (κ2) is 8.37. The summed E-state index contributed by atoms with van der Waals surface area (Å²) in [5, 5.41) is 13.7. The van der Waals surface area contributed by atoms with E-state index < -0.39 is 5.97 Å². The minimum atomic E-state index is -1.02. The van der Waals surface area contributed by atoms with Crippen molar-refractivity contribution >= 4 is 63.6 Å². The molecule has 0 unspecified atom stereocenters. The molecule has 0 amide bonds. The minimum Gasteiger partial charge on any atom is -0.478 e. The van der Waals surface area contributed by atoms with Crippen LogP contribution in [0.4, 0.5) is 11.6 Å². The molecule has 0 bridgehead atoms. The zero-order valence-corrected chi connectivity index (χ0v) is 17.3. The van der Waals surface area contributed by atoms with Crippen molar-refractivity contribution in [2.45, 2.75) is 10.6 Å². The molecule has 3 aromatic carbocycles. The topological polar surface area (TPSA) is 78.0 Å². The van der Waals surface area contributed by atoms with Crippen LogP contribution in [0.25, 0.3) is 11.0 Å². The van der Waals surface area contributed by atoms with Crippen molar-refractivity contribution in [1.29, 1.82) is 0 Å². The number of hydrogen-bond donors (Lipinski definition) is 3. The van der Waals surface area contributed by atoms with Gasteiger partial charge in [-0.3, -0.25) is 0 Å². The normalized spacial score (nSPS) is 11.0. The van der Waals surface area contributed by atoms with Gasteiger partial charge in [0.15, 0.2) is 0 Å². The van der Waals surface area contributed by atoms with Gasteiger partial charge in [0, 0.05) is 10.6 Å². The molecule has 146 valence electrons. The Labute approximate surface area is 181 Å². The second-order valence-electron chi connectivity index (χ2n) is 6.23. The molecule has 4 rings (SSSR count). The fourth-order valence-electron chi connectivity index (χ4n) is 2.91. The molecule has 0 saturated carbocycles. The Morgan fingerprint density at radius 3 is 2.62 bits per heavy atom. The number of nitrogens with zero attached hydrogens (tertiary/aromatic N) is 1. The molecule has 0 aliphatic carbocycles. The third-order valence-corrected chi connectivity index (χ3v) is 6.22. The third-order valence-electron chi connectivity index (χ3n) is 4.27. The average molecular weight is 444 g/mol. The average Bonchev–Trinajstić information content (AvgIpc) is 3.12. The lowest BCUT2D eigenvalue weighted by Gasteiger charge is -2.06. The molecule has 0 spiro atoms. The molecule has 4 aromatic rings. The number of H-pyrrole nitrogens is 1. The number of hydrogen-bond acceptors (Lipinski definition) is 4. The lowest BCUT2D eigenvalue weighted by molar-refractivity contribution is 0.0695. The number of carboxylic acid groups (broad SMARTS) is 1. The number of fused-ring (bicyclic) bond motifs is 1. The van der Waals surface area contributed by atoms with Gasteiger partial charge in [-0.25, -0.2) is 9.78 Å². The summed E-state index contributed by atoms with van der Waals surface area (Å²) in [6, 6.07) is 18.7. The van der Waals surface area contributed by atoms with Crippen LogP contribution in [0.5, 0.6) is 0 Å². The van der Waals surface area contributed by atoms with E-state index in [1.807, 2.05) is 36.4 Å². The molecule has 0 atom stereocenters. The zero-order valence-electron chi connectivity index (χ0n) is 14.9. The maximum absolute atomic E-state index is 12.0. The highest BCUT2D eigenvalue weighted by atomic mass is 35.5. The quantitative estimate of drug-likeness (QED) is 0.292. The standard InChI is InChI=1S/C21H15Cl2N3O2S/c22-13-7-4-8-14(18(13)23)24-21-25-15-9-10-16(17(20(27)28)19(15)26-21)29-11-12-5-2-1-3-6-12/h1-10H,11H2,(H,27,28)(H2,24,25,26). The molecular formula is C21H15Cl2N3O2S. The number of rotatable bonds is 6. The SMILES string of the molecule is O=C(O)c1c(SCc2ccccc2)ccc2[nH]c(Nc3cccc(Cl)c3Cl)nc12. The maximum Gasteiger partial charge on any atom is 0.339 e. The largest absolute Gasteiger partial charge is 0.478 e. The van der Waals surface area contributed by atoms with Crippen molar-refractivity contribution in [1.82, 2.24) is 9.97 Å². The number of carboxylic acids is 1. The predicted molar refractivity (Wildman–Crippen MR) is 119 cm³/mol. The Bertz CT molecular complexity index is 1200. The highest BCUT2D eigenvalue weighted by Gasteiger charge is 2.19. The van der Waals surface area contributed by atoms with Gasteiger partial charge in [-0.15, -0.1) is 11.8 Å². The molecule has 8 heteroatoms. The highest BCUT2D eigenvalue weighted by Crippen LogP contribution is 2.34. The summed E-state index contributed by atoms with van der Waals surface area (Å²) >= 11 is 13.7. The van der Waals surface area contributed by atoms with Crippen LogP contribution in [0.3, 0.4) is 0 Å². The first-order valence-corrected chi connectivity index (χ1v) is 10.4. The Morgan fingerprint density at radius 1 is 1.07 bits per heavy atom. The number of carbonyl (C=O) groups is 1. The van der Waals surface area contributed by atoms with Crippen molar-refractivity contribution in [3.63, 3.8) is 0 Å². The van der Waals surface area contributed by atoms with Crippen LogP contribution in [0.1, 0.15) is 15.9 Å². The van der Waals surface area contributed by atoms with Crippen molar-refractivity contribution in [3.8, 4) is 0 Å². The summed E-state index contributed by atoms with van der Waals surface area (Å²) in [7, 11) is 0. The monoisotopic (exact) mass is 443 g/mol. The van der Waals surface area contributed by atoms with E-state index in [0.717, 1.165) is 5.56 Å². The number of aromatic nitrogens is 2. The molecule has 29 heavy (non-hydrogen) atoms. The molecule has 5 nitrogen and oxygen atoms in total. The molecule has 0 fully saturated rings. The van der Waals surface area contributed by atoms with Gasteiger partial charge >= 0.3 is 5.97 Å². The van der Waals surface area contributed by atoms with Crippen LogP contribution in [-0.4, -0.2) is 21.0 Å². The first-order valence-electron chi connectivity index (χ1n) is 8.66. The minimum absolute atomic E-state index is 0.171.